The van der Waals surface area contributed by atoms with Gasteiger partial charge in [0, 0.05) is 33.4 Å². The molecule has 54 heavy (non-hydrogen) atoms. The van der Waals surface area contributed by atoms with Gasteiger partial charge in [-0.25, -0.2) is 29.9 Å². The lowest BCUT2D eigenvalue weighted by atomic mass is 9.90. The second-order valence-corrected chi connectivity index (χ2v) is 12.8. The van der Waals surface area contributed by atoms with Crippen LogP contribution < -0.4 is 0 Å². The number of allylic oxidation sites excluding steroid dienone is 4. The quantitative estimate of drug-likeness (QED) is 0.116. The molecule has 0 atom stereocenters. The molecule has 0 saturated carbocycles. The van der Waals surface area contributed by atoms with Gasteiger partial charge in [-0.3, -0.25) is 0 Å². The molecule has 0 spiro atoms. The topological polar surface area (TPSA) is 77.3 Å². The third-order valence-electron chi connectivity index (χ3n) is 9.51. The largest absolute Gasteiger partial charge is 0.208 e. The van der Waals surface area contributed by atoms with E-state index in [0.717, 1.165) is 65.7 Å². The number of aromatic nitrogens is 6. The minimum absolute atomic E-state index is 0.524. The van der Waals surface area contributed by atoms with Crippen LogP contribution in [0, 0.1) is 0 Å². The Kier molecular flexibility index (Phi) is 8.38. The first kappa shape index (κ1) is 32.5. The van der Waals surface area contributed by atoms with Gasteiger partial charge < -0.3 is 0 Å². The van der Waals surface area contributed by atoms with Crippen molar-refractivity contribution >= 4 is 37.9 Å². The first-order chi connectivity index (χ1) is 26.7. The van der Waals surface area contributed by atoms with E-state index in [1.54, 1.807) is 12.2 Å². The van der Waals surface area contributed by atoms with Crippen LogP contribution in [0.3, 0.4) is 0 Å². The monoisotopic (exact) mass is 692 g/mol. The molecule has 9 aromatic rings. The zero-order valence-electron chi connectivity index (χ0n) is 29.3. The van der Waals surface area contributed by atoms with Crippen molar-refractivity contribution in [2.75, 3.05) is 0 Å². The zero-order valence-corrected chi connectivity index (χ0v) is 29.3. The maximum Gasteiger partial charge on any atom is 0.164 e. The van der Waals surface area contributed by atoms with Gasteiger partial charge in [-0.15, -0.1) is 0 Å². The third kappa shape index (κ3) is 5.91. The summed E-state index contributed by atoms with van der Waals surface area (Å²) in [4.78, 5) is 30.2. The molecule has 0 bridgehead atoms. The SMILES string of the molecule is C=CC=C(C=C)c1nc(-c2ccccc2)nc(-c2cc3c4ccccc4c(-c4nc(-c5ccccc5)nc(-c5ccccc5)n4)cc3c3ccccc23)n1. The molecule has 0 N–H and O–H groups in total. The maximum atomic E-state index is 5.12. The van der Waals surface area contributed by atoms with Gasteiger partial charge in [0.05, 0.1) is 0 Å². The molecular formula is C48H32N6. The van der Waals surface area contributed by atoms with Crippen LogP contribution in [0.2, 0.25) is 0 Å². The van der Waals surface area contributed by atoms with Crippen LogP contribution in [-0.4, -0.2) is 29.9 Å². The highest BCUT2D eigenvalue weighted by atomic mass is 15.0. The predicted octanol–water partition coefficient (Wildman–Crippen LogP) is 11.6. The fraction of sp³-hybridized carbons (Fsp3) is 0. The van der Waals surface area contributed by atoms with E-state index in [-0.39, 0.29) is 0 Å². The lowest BCUT2D eigenvalue weighted by Gasteiger charge is -2.16. The predicted molar refractivity (Wildman–Crippen MR) is 221 cm³/mol. The Morgan fingerprint density at radius 2 is 0.722 bits per heavy atom. The Morgan fingerprint density at radius 1 is 0.370 bits per heavy atom. The maximum absolute atomic E-state index is 5.12. The molecular weight excluding hydrogens is 661 g/mol. The molecule has 2 aromatic heterocycles. The average Bonchev–Trinajstić information content (AvgIpc) is 3.25. The molecule has 0 aliphatic heterocycles. The summed E-state index contributed by atoms with van der Waals surface area (Å²) in [5.74, 6) is 3.52. The number of hydrogen-bond donors (Lipinski definition) is 0. The van der Waals surface area contributed by atoms with Crippen molar-refractivity contribution in [1.29, 1.82) is 0 Å². The van der Waals surface area contributed by atoms with E-state index < -0.39 is 0 Å². The van der Waals surface area contributed by atoms with Crippen molar-refractivity contribution in [3.8, 4) is 56.9 Å². The van der Waals surface area contributed by atoms with Crippen molar-refractivity contribution in [3.05, 3.63) is 189 Å². The summed E-state index contributed by atoms with van der Waals surface area (Å²) in [6, 6.07) is 51.4. The summed E-state index contributed by atoms with van der Waals surface area (Å²) < 4.78 is 0. The number of hydrogen-bond acceptors (Lipinski definition) is 6. The van der Waals surface area contributed by atoms with E-state index >= 15 is 0 Å². The van der Waals surface area contributed by atoms with Crippen LogP contribution in [-0.2, 0) is 0 Å². The van der Waals surface area contributed by atoms with Gasteiger partial charge in [-0.1, -0.05) is 171 Å². The average molecular weight is 693 g/mol. The third-order valence-corrected chi connectivity index (χ3v) is 9.51. The van der Waals surface area contributed by atoms with Crippen LogP contribution in [0.4, 0.5) is 0 Å². The highest BCUT2D eigenvalue weighted by Gasteiger charge is 2.20. The van der Waals surface area contributed by atoms with Crippen LogP contribution >= 0.6 is 0 Å². The number of rotatable bonds is 8. The summed E-state index contributed by atoms with van der Waals surface area (Å²) in [5.41, 5.74) is 5.32. The van der Waals surface area contributed by atoms with Crippen LogP contribution in [0.1, 0.15) is 5.82 Å². The van der Waals surface area contributed by atoms with Gasteiger partial charge in [0.2, 0.25) is 0 Å². The van der Waals surface area contributed by atoms with Crippen molar-refractivity contribution in [1.82, 2.24) is 29.9 Å². The summed E-state index contributed by atoms with van der Waals surface area (Å²) in [6.07, 6.45) is 5.33. The van der Waals surface area contributed by atoms with Crippen LogP contribution in [0.5, 0.6) is 0 Å². The summed E-state index contributed by atoms with van der Waals surface area (Å²) in [6.45, 7) is 7.93. The first-order valence-electron chi connectivity index (χ1n) is 17.7. The van der Waals surface area contributed by atoms with Crippen molar-refractivity contribution in [2.24, 2.45) is 0 Å². The standard InChI is InChI=1S/C48H32N6/c1-3-18-31(4-2)43-49-44(32-19-8-5-9-20-32)52-47(51-43)41-29-39-36-26-15-17-28-38(36)42(30-40(39)35-25-14-16-27-37(35)41)48-53-45(33-21-10-6-11-22-33)50-46(54-48)34-23-12-7-13-24-34/h3-30H,1-2H2. The van der Waals surface area contributed by atoms with E-state index in [0.29, 0.717) is 34.9 Å². The second kappa shape index (κ2) is 13.9. The molecule has 0 amide bonds. The number of benzene rings is 7. The summed E-state index contributed by atoms with van der Waals surface area (Å²) in [5, 5.41) is 6.31. The van der Waals surface area contributed by atoms with Gasteiger partial charge in [0.25, 0.3) is 0 Å². The summed E-state index contributed by atoms with van der Waals surface area (Å²) >= 11 is 0. The molecule has 0 saturated heterocycles. The van der Waals surface area contributed by atoms with Crippen LogP contribution in [0.15, 0.2) is 183 Å². The molecule has 2 heterocycles. The molecule has 254 valence electrons. The Bertz CT molecular complexity index is 2840. The molecule has 0 radical (unpaired) electrons. The minimum Gasteiger partial charge on any atom is -0.208 e. The molecule has 0 aliphatic rings. The van der Waals surface area contributed by atoms with Gasteiger partial charge >= 0.3 is 0 Å². The normalized spacial score (nSPS) is 11.6. The first-order valence-corrected chi connectivity index (χ1v) is 17.7. The Morgan fingerprint density at radius 3 is 1.15 bits per heavy atom. The fourth-order valence-corrected chi connectivity index (χ4v) is 6.95. The molecule has 6 heteroatoms. The van der Waals surface area contributed by atoms with E-state index in [1.165, 1.54) is 0 Å². The van der Waals surface area contributed by atoms with E-state index in [1.807, 2.05) is 97.1 Å². The van der Waals surface area contributed by atoms with Crippen molar-refractivity contribution in [3.63, 3.8) is 0 Å². The molecule has 0 aliphatic carbocycles. The molecule has 6 nitrogen and oxygen atoms in total. The van der Waals surface area contributed by atoms with Crippen LogP contribution in [0.25, 0.3) is 94.8 Å². The highest BCUT2D eigenvalue weighted by molar-refractivity contribution is 6.23. The summed E-state index contributed by atoms with van der Waals surface area (Å²) in [7, 11) is 0. The van der Waals surface area contributed by atoms with Gasteiger partial charge in [0.1, 0.15) is 0 Å². The minimum atomic E-state index is 0.524. The van der Waals surface area contributed by atoms with Gasteiger partial charge in [0.15, 0.2) is 34.9 Å². The van der Waals surface area contributed by atoms with Gasteiger partial charge in [-0.05, 0) is 44.5 Å². The lowest BCUT2D eigenvalue weighted by Crippen LogP contribution is -2.03. The number of fused-ring (bicyclic) bond motifs is 5. The van der Waals surface area contributed by atoms with Gasteiger partial charge in [-0.2, -0.15) is 0 Å². The smallest absolute Gasteiger partial charge is 0.164 e. The second-order valence-electron chi connectivity index (χ2n) is 12.8. The van der Waals surface area contributed by atoms with Crippen molar-refractivity contribution in [2.45, 2.75) is 0 Å². The Labute approximate surface area is 312 Å². The van der Waals surface area contributed by atoms with E-state index in [2.05, 4.69) is 73.8 Å². The lowest BCUT2D eigenvalue weighted by molar-refractivity contribution is 1.04. The highest BCUT2D eigenvalue weighted by Crippen LogP contribution is 2.41. The van der Waals surface area contributed by atoms with E-state index in [9.17, 15) is 0 Å². The molecule has 9 rings (SSSR count). The zero-order chi connectivity index (χ0) is 36.4. The number of nitrogens with zero attached hydrogens (tertiary/aromatic N) is 6. The molecule has 0 fully saturated rings. The van der Waals surface area contributed by atoms with E-state index in [4.69, 9.17) is 29.9 Å². The Balaban J connectivity index is 1.33. The molecule has 0 unspecified atom stereocenters. The fourth-order valence-electron chi connectivity index (χ4n) is 6.95. The van der Waals surface area contributed by atoms with Crippen molar-refractivity contribution < 1.29 is 0 Å². The molecule has 7 aromatic carbocycles. The Hall–Kier alpha value is -7.44.